The summed E-state index contributed by atoms with van der Waals surface area (Å²) in [6, 6.07) is 8.02. The maximum absolute atomic E-state index is 14.0. The Morgan fingerprint density at radius 2 is 1.81 bits per heavy atom. The summed E-state index contributed by atoms with van der Waals surface area (Å²) >= 11 is 0. The minimum atomic E-state index is -0.952. The molecule has 36 heavy (non-hydrogen) atoms. The third kappa shape index (κ3) is 4.79. The van der Waals surface area contributed by atoms with E-state index in [0.717, 1.165) is 49.9 Å². The highest BCUT2D eigenvalue weighted by atomic mass is 16.2. The summed E-state index contributed by atoms with van der Waals surface area (Å²) in [5.41, 5.74) is 0.778. The molecule has 0 spiro atoms. The quantitative estimate of drug-likeness (QED) is 0.645. The van der Waals surface area contributed by atoms with Gasteiger partial charge in [-0.1, -0.05) is 51.7 Å². The smallest absolute Gasteiger partial charge is 0.290 e. The third-order valence-corrected chi connectivity index (χ3v) is 9.22. The molecule has 7 nitrogen and oxygen atoms in total. The van der Waals surface area contributed by atoms with Gasteiger partial charge in [0.15, 0.2) is 5.82 Å². The number of carbonyl (C=O) groups excluding carboxylic acids is 2. The van der Waals surface area contributed by atoms with Crippen molar-refractivity contribution < 1.29 is 9.59 Å². The number of imidazole rings is 1. The van der Waals surface area contributed by atoms with Gasteiger partial charge in [-0.05, 0) is 76.2 Å². The van der Waals surface area contributed by atoms with E-state index in [9.17, 15) is 9.59 Å². The standard InChI is InChI=1S/C29H43N5O2/c1-21-12-10-14-23(22(21)2)31-28(36)29(3)20-33-25-15-7-6-13-24(25)30-26(33)27(35)34(29)19-11-18-32-16-8-4-5-9-17-32/h6-7,13,15,21-23H,4-5,8-12,14,16-20H2,1-3H3,(H,31,36)/t21-,22+,23+,29+/m1/s1. The lowest BCUT2D eigenvalue weighted by Crippen LogP contribution is -2.66. The Hall–Kier alpha value is -2.41. The van der Waals surface area contributed by atoms with Crippen molar-refractivity contribution in [3.63, 3.8) is 0 Å². The van der Waals surface area contributed by atoms with Gasteiger partial charge in [0.25, 0.3) is 5.91 Å². The van der Waals surface area contributed by atoms with Gasteiger partial charge in [-0.3, -0.25) is 9.59 Å². The van der Waals surface area contributed by atoms with Crippen LogP contribution in [-0.4, -0.2) is 68.9 Å². The highest BCUT2D eigenvalue weighted by Crippen LogP contribution is 2.33. The SMILES string of the molecule is C[C@H]1[C@H](C)CCC[C@@H]1NC(=O)[C@]1(C)Cn2c(nc3ccccc32)C(=O)N1CCCN1CCCCCC1. The predicted octanol–water partition coefficient (Wildman–Crippen LogP) is 4.46. The lowest BCUT2D eigenvalue weighted by atomic mass is 9.77. The van der Waals surface area contributed by atoms with Crippen molar-refractivity contribution in [2.24, 2.45) is 11.8 Å². The van der Waals surface area contributed by atoms with Crippen molar-refractivity contribution in [3.8, 4) is 0 Å². The molecule has 7 heteroatoms. The van der Waals surface area contributed by atoms with Crippen LogP contribution in [-0.2, 0) is 11.3 Å². The second kappa shape index (κ2) is 10.5. The Balaban J connectivity index is 1.40. The molecule has 1 N–H and O–H groups in total. The Morgan fingerprint density at radius 1 is 1.06 bits per heavy atom. The van der Waals surface area contributed by atoms with Crippen LogP contribution in [0.5, 0.6) is 0 Å². The fourth-order valence-electron chi connectivity index (χ4n) is 6.60. The summed E-state index contributed by atoms with van der Waals surface area (Å²) in [6.45, 7) is 10.7. The monoisotopic (exact) mass is 493 g/mol. The molecule has 3 heterocycles. The maximum atomic E-state index is 14.0. The molecule has 0 radical (unpaired) electrons. The molecule has 3 aliphatic rings. The summed E-state index contributed by atoms with van der Waals surface area (Å²) in [5.74, 6) is 1.33. The molecule has 2 aromatic rings. The van der Waals surface area contributed by atoms with Gasteiger partial charge in [0.05, 0.1) is 17.6 Å². The summed E-state index contributed by atoms with van der Waals surface area (Å²) in [5, 5.41) is 3.40. The topological polar surface area (TPSA) is 70.5 Å². The summed E-state index contributed by atoms with van der Waals surface area (Å²) in [6.07, 6.45) is 9.37. The van der Waals surface area contributed by atoms with Gasteiger partial charge in [-0.2, -0.15) is 0 Å². The first-order valence-electron chi connectivity index (χ1n) is 14.2. The zero-order valence-electron chi connectivity index (χ0n) is 22.3. The zero-order chi connectivity index (χ0) is 25.3. The van der Waals surface area contributed by atoms with E-state index in [1.807, 2.05) is 40.7 Å². The predicted molar refractivity (Wildman–Crippen MR) is 143 cm³/mol. The van der Waals surface area contributed by atoms with Crippen LogP contribution in [0.1, 0.15) is 82.8 Å². The largest absolute Gasteiger partial charge is 0.351 e. The van der Waals surface area contributed by atoms with E-state index in [2.05, 4.69) is 29.0 Å². The molecule has 1 aromatic heterocycles. The number of hydrogen-bond acceptors (Lipinski definition) is 4. The maximum Gasteiger partial charge on any atom is 0.290 e. The van der Waals surface area contributed by atoms with Crippen LogP contribution in [0.2, 0.25) is 0 Å². The summed E-state index contributed by atoms with van der Waals surface area (Å²) in [4.78, 5) is 37.0. The summed E-state index contributed by atoms with van der Waals surface area (Å²) < 4.78 is 1.97. The van der Waals surface area contributed by atoms with E-state index in [-0.39, 0.29) is 17.9 Å². The molecule has 1 saturated heterocycles. The van der Waals surface area contributed by atoms with E-state index >= 15 is 0 Å². The molecule has 1 aliphatic carbocycles. The van der Waals surface area contributed by atoms with Crippen molar-refractivity contribution >= 4 is 22.8 Å². The molecule has 1 aromatic carbocycles. The van der Waals surface area contributed by atoms with Crippen molar-refractivity contribution in [1.82, 2.24) is 24.7 Å². The zero-order valence-corrected chi connectivity index (χ0v) is 22.3. The van der Waals surface area contributed by atoms with Gasteiger partial charge in [0, 0.05) is 12.6 Å². The number of para-hydroxylation sites is 2. The fraction of sp³-hybridized carbons (Fsp3) is 0.690. The van der Waals surface area contributed by atoms with Crippen molar-refractivity contribution in [2.45, 2.75) is 90.3 Å². The van der Waals surface area contributed by atoms with Gasteiger partial charge in [-0.25, -0.2) is 4.98 Å². The number of carbonyl (C=O) groups is 2. The minimum absolute atomic E-state index is 0.0278. The molecular formula is C29H43N5O2. The number of aromatic nitrogens is 2. The lowest BCUT2D eigenvalue weighted by molar-refractivity contribution is -0.134. The molecule has 2 amide bonds. The number of nitrogens with zero attached hydrogens (tertiary/aromatic N) is 4. The average Bonchev–Trinajstić information content (AvgIpc) is 3.04. The number of rotatable bonds is 6. The minimum Gasteiger partial charge on any atom is -0.351 e. The number of fused-ring (bicyclic) bond motifs is 3. The highest BCUT2D eigenvalue weighted by molar-refractivity contribution is 6.01. The molecule has 0 bridgehead atoms. The fourth-order valence-corrected chi connectivity index (χ4v) is 6.60. The highest BCUT2D eigenvalue weighted by Gasteiger charge is 2.49. The second-order valence-corrected chi connectivity index (χ2v) is 11.7. The van der Waals surface area contributed by atoms with Crippen LogP contribution in [0, 0.1) is 11.8 Å². The van der Waals surface area contributed by atoms with Crippen LogP contribution >= 0.6 is 0 Å². The molecule has 4 atom stereocenters. The van der Waals surface area contributed by atoms with Crippen molar-refractivity contribution in [2.75, 3.05) is 26.2 Å². The Bertz CT molecular complexity index is 1090. The normalized spacial score (nSPS) is 29.7. The van der Waals surface area contributed by atoms with Gasteiger partial charge in [0.1, 0.15) is 5.54 Å². The average molecular weight is 494 g/mol. The Kier molecular flexibility index (Phi) is 7.38. The third-order valence-electron chi connectivity index (χ3n) is 9.22. The van der Waals surface area contributed by atoms with E-state index in [1.165, 1.54) is 32.1 Å². The second-order valence-electron chi connectivity index (χ2n) is 11.7. The Morgan fingerprint density at radius 3 is 2.58 bits per heavy atom. The first-order chi connectivity index (χ1) is 17.4. The van der Waals surface area contributed by atoms with Gasteiger partial charge in [0.2, 0.25) is 5.91 Å². The number of likely N-dealkylation sites (tertiary alicyclic amines) is 1. The molecule has 2 aliphatic heterocycles. The molecule has 1 saturated carbocycles. The van der Waals surface area contributed by atoms with E-state index in [1.54, 1.807) is 0 Å². The number of amides is 2. The van der Waals surface area contributed by atoms with Crippen molar-refractivity contribution in [3.05, 3.63) is 30.1 Å². The van der Waals surface area contributed by atoms with Crippen LogP contribution < -0.4 is 5.32 Å². The van der Waals surface area contributed by atoms with Gasteiger partial charge >= 0.3 is 0 Å². The number of hydrogen-bond donors (Lipinski definition) is 1. The van der Waals surface area contributed by atoms with E-state index in [0.29, 0.717) is 30.7 Å². The molecule has 5 rings (SSSR count). The number of benzene rings is 1. The van der Waals surface area contributed by atoms with E-state index in [4.69, 9.17) is 0 Å². The van der Waals surface area contributed by atoms with Gasteiger partial charge < -0.3 is 19.7 Å². The first kappa shape index (κ1) is 25.2. The lowest BCUT2D eigenvalue weighted by Gasteiger charge is -2.45. The molecular weight excluding hydrogens is 450 g/mol. The van der Waals surface area contributed by atoms with Gasteiger partial charge in [-0.15, -0.1) is 0 Å². The molecule has 196 valence electrons. The Labute approximate surface area is 215 Å². The van der Waals surface area contributed by atoms with Crippen LogP contribution in [0.25, 0.3) is 11.0 Å². The molecule has 0 unspecified atom stereocenters. The van der Waals surface area contributed by atoms with E-state index < -0.39 is 5.54 Å². The van der Waals surface area contributed by atoms with Crippen LogP contribution in [0.4, 0.5) is 0 Å². The number of nitrogens with one attached hydrogen (secondary N) is 1. The van der Waals surface area contributed by atoms with Crippen molar-refractivity contribution in [1.29, 1.82) is 0 Å². The van der Waals surface area contributed by atoms with Crippen LogP contribution in [0.3, 0.4) is 0 Å². The first-order valence-corrected chi connectivity index (χ1v) is 14.2. The summed E-state index contributed by atoms with van der Waals surface area (Å²) in [7, 11) is 0. The molecule has 2 fully saturated rings. The van der Waals surface area contributed by atoms with Crippen LogP contribution in [0.15, 0.2) is 24.3 Å².